The average Bonchev–Trinajstić information content (AvgIpc) is 2.29. The second kappa shape index (κ2) is 6.62. The van der Waals surface area contributed by atoms with Gasteiger partial charge in [0.05, 0.1) is 13.7 Å². The van der Waals surface area contributed by atoms with Crippen LogP contribution in [0.5, 0.6) is 5.75 Å². The Morgan fingerprint density at radius 3 is 2.59 bits per heavy atom. The van der Waals surface area contributed by atoms with E-state index in [4.69, 9.17) is 4.74 Å². The number of hydrogen-bond acceptors (Lipinski definition) is 3. The summed E-state index contributed by atoms with van der Waals surface area (Å²) in [6.45, 7) is 7.14. The first-order chi connectivity index (χ1) is 8.08. The molecule has 3 heteroatoms. The summed E-state index contributed by atoms with van der Waals surface area (Å²) in [4.78, 5) is 0. The number of benzene rings is 1. The Kier molecular flexibility index (Phi) is 5.45. The number of aliphatic hydroxyl groups excluding tert-OH is 1. The molecule has 1 atom stereocenters. The predicted octanol–water partition coefficient (Wildman–Crippen LogP) is 2.11. The Morgan fingerprint density at radius 2 is 2.06 bits per heavy atom. The molecule has 0 aliphatic heterocycles. The highest BCUT2D eigenvalue weighted by molar-refractivity contribution is 5.36. The topological polar surface area (TPSA) is 41.5 Å². The fourth-order valence-electron chi connectivity index (χ4n) is 1.80. The van der Waals surface area contributed by atoms with Crippen molar-refractivity contribution in [1.82, 2.24) is 5.32 Å². The summed E-state index contributed by atoms with van der Waals surface area (Å²) in [6.07, 6.45) is 0. The van der Waals surface area contributed by atoms with Crippen molar-refractivity contribution in [3.63, 3.8) is 0 Å². The summed E-state index contributed by atoms with van der Waals surface area (Å²) in [5, 5.41) is 12.6. The molecule has 0 radical (unpaired) electrons. The molecule has 0 bridgehead atoms. The summed E-state index contributed by atoms with van der Waals surface area (Å²) in [6, 6.07) is 6.25. The lowest BCUT2D eigenvalue weighted by atomic mass is 10.0. The van der Waals surface area contributed by atoms with Crippen molar-refractivity contribution in [2.24, 2.45) is 5.92 Å². The third-order valence-electron chi connectivity index (χ3n) is 2.99. The van der Waals surface area contributed by atoms with Gasteiger partial charge in [0.2, 0.25) is 0 Å². The summed E-state index contributed by atoms with van der Waals surface area (Å²) in [5.41, 5.74) is 2.35. The highest BCUT2D eigenvalue weighted by atomic mass is 16.5. The van der Waals surface area contributed by atoms with Crippen LogP contribution in [0.2, 0.25) is 0 Å². The van der Waals surface area contributed by atoms with Crippen molar-refractivity contribution in [2.75, 3.05) is 13.7 Å². The molecular formula is C14H23NO2. The minimum Gasteiger partial charge on any atom is -0.496 e. The molecule has 1 aromatic carbocycles. The molecule has 17 heavy (non-hydrogen) atoms. The van der Waals surface area contributed by atoms with Crippen LogP contribution < -0.4 is 10.1 Å². The summed E-state index contributed by atoms with van der Waals surface area (Å²) in [7, 11) is 1.68. The van der Waals surface area contributed by atoms with Gasteiger partial charge in [-0.15, -0.1) is 0 Å². The Bertz CT molecular complexity index is 350. The van der Waals surface area contributed by atoms with E-state index in [1.807, 2.05) is 12.1 Å². The van der Waals surface area contributed by atoms with E-state index in [2.05, 4.69) is 32.2 Å². The predicted molar refractivity (Wildman–Crippen MR) is 70.3 cm³/mol. The van der Waals surface area contributed by atoms with Crippen molar-refractivity contribution < 1.29 is 9.84 Å². The van der Waals surface area contributed by atoms with E-state index >= 15 is 0 Å². The van der Waals surface area contributed by atoms with Gasteiger partial charge in [0, 0.05) is 18.2 Å². The van der Waals surface area contributed by atoms with Gasteiger partial charge in [0.15, 0.2) is 0 Å². The Labute approximate surface area is 104 Å². The first kappa shape index (κ1) is 14.0. The van der Waals surface area contributed by atoms with Crippen LogP contribution in [-0.4, -0.2) is 24.9 Å². The lowest BCUT2D eigenvalue weighted by Gasteiger charge is -2.20. The zero-order valence-corrected chi connectivity index (χ0v) is 11.2. The number of aliphatic hydroxyl groups is 1. The zero-order valence-electron chi connectivity index (χ0n) is 11.2. The highest BCUT2D eigenvalue weighted by Crippen LogP contribution is 2.19. The molecule has 0 saturated carbocycles. The van der Waals surface area contributed by atoms with Crippen molar-refractivity contribution in [1.29, 1.82) is 0 Å². The van der Waals surface area contributed by atoms with Crippen LogP contribution >= 0.6 is 0 Å². The second-order valence-electron chi connectivity index (χ2n) is 4.73. The van der Waals surface area contributed by atoms with Crippen LogP contribution in [0.25, 0.3) is 0 Å². The molecule has 0 saturated heterocycles. The largest absolute Gasteiger partial charge is 0.496 e. The van der Waals surface area contributed by atoms with Gasteiger partial charge in [-0.1, -0.05) is 31.5 Å². The number of aryl methyl sites for hydroxylation is 1. The van der Waals surface area contributed by atoms with E-state index in [0.29, 0.717) is 12.5 Å². The lowest BCUT2D eigenvalue weighted by molar-refractivity contribution is 0.209. The maximum absolute atomic E-state index is 9.26. The fourth-order valence-corrected chi connectivity index (χ4v) is 1.80. The molecule has 0 fully saturated rings. The van der Waals surface area contributed by atoms with Gasteiger partial charge in [0.25, 0.3) is 0 Å². The van der Waals surface area contributed by atoms with Crippen molar-refractivity contribution in [3.8, 4) is 5.75 Å². The monoisotopic (exact) mass is 237 g/mol. The average molecular weight is 237 g/mol. The van der Waals surface area contributed by atoms with Crippen molar-refractivity contribution >= 4 is 0 Å². The first-order valence-electron chi connectivity index (χ1n) is 6.06. The minimum absolute atomic E-state index is 0.125. The van der Waals surface area contributed by atoms with Gasteiger partial charge in [-0.3, -0.25) is 0 Å². The number of nitrogens with one attached hydrogen (secondary N) is 1. The number of ether oxygens (including phenoxy) is 1. The third kappa shape index (κ3) is 4.02. The normalized spacial score (nSPS) is 12.8. The zero-order chi connectivity index (χ0) is 12.8. The van der Waals surface area contributed by atoms with E-state index in [0.717, 1.165) is 11.3 Å². The molecule has 1 rings (SSSR count). The van der Waals surface area contributed by atoms with Gasteiger partial charge < -0.3 is 15.2 Å². The van der Waals surface area contributed by atoms with Crippen LogP contribution in [0.15, 0.2) is 18.2 Å². The molecule has 0 spiro atoms. The Balaban J connectivity index is 2.70. The molecule has 0 aliphatic carbocycles. The maximum Gasteiger partial charge on any atom is 0.123 e. The van der Waals surface area contributed by atoms with Crippen molar-refractivity contribution in [3.05, 3.63) is 29.3 Å². The van der Waals surface area contributed by atoms with Crippen molar-refractivity contribution in [2.45, 2.75) is 33.4 Å². The summed E-state index contributed by atoms with van der Waals surface area (Å²) >= 11 is 0. The molecule has 96 valence electrons. The molecule has 2 N–H and O–H groups in total. The molecule has 0 amide bonds. The van der Waals surface area contributed by atoms with Crippen LogP contribution in [0.1, 0.15) is 25.0 Å². The van der Waals surface area contributed by atoms with E-state index < -0.39 is 0 Å². The SMILES string of the molecule is COc1ccc(C)cc1CN[C@H](CO)C(C)C. The maximum atomic E-state index is 9.26. The number of methoxy groups -OCH3 is 1. The van der Waals surface area contributed by atoms with Crippen LogP contribution in [-0.2, 0) is 6.54 Å². The third-order valence-corrected chi connectivity index (χ3v) is 2.99. The molecule has 3 nitrogen and oxygen atoms in total. The number of hydrogen-bond donors (Lipinski definition) is 2. The lowest BCUT2D eigenvalue weighted by Crippen LogP contribution is -2.36. The van der Waals surface area contributed by atoms with Gasteiger partial charge in [-0.25, -0.2) is 0 Å². The van der Waals surface area contributed by atoms with Crippen LogP contribution in [0.3, 0.4) is 0 Å². The second-order valence-corrected chi connectivity index (χ2v) is 4.73. The van der Waals surface area contributed by atoms with Crippen LogP contribution in [0, 0.1) is 12.8 Å². The van der Waals surface area contributed by atoms with E-state index in [-0.39, 0.29) is 12.6 Å². The quantitative estimate of drug-likeness (QED) is 0.796. The number of rotatable bonds is 6. The summed E-state index contributed by atoms with van der Waals surface area (Å²) < 4.78 is 5.32. The molecular weight excluding hydrogens is 214 g/mol. The Hall–Kier alpha value is -1.06. The van der Waals surface area contributed by atoms with Gasteiger partial charge >= 0.3 is 0 Å². The molecule has 0 unspecified atom stereocenters. The Morgan fingerprint density at radius 1 is 1.35 bits per heavy atom. The molecule has 0 aliphatic rings. The van der Waals surface area contributed by atoms with E-state index in [9.17, 15) is 5.11 Å². The fraction of sp³-hybridized carbons (Fsp3) is 0.571. The van der Waals surface area contributed by atoms with E-state index in [1.54, 1.807) is 7.11 Å². The minimum atomic E-state index is 0.125. The smallest absolute Gasteiger partial charge is 0.123 e. The molecule has 1 aromatic rings. The highest BCUT2D eigenvalue weighted by Gasteiger charge is 2.12. The van der Waals surface area contributed by atoms with Gasteiger partial charge in [0.1, 0.15) is 5.75 Å². The van der Waals surface area contributed by atoms with E-state index in [1.165, 1.54) is 5.56 Å². The first-order valence-corrected chi connectivity index (χ1v) is 6.06. The summed E-state index contributed by atoms with van der Waals surface area (Å²) in [5.74, 6) is 1.30. The van der Waals surface area contributed by atoms with Crippen LogP contribution in [0.4, 0.5) is 0 Å². The molecule has 0 aromatic heterocycles. The van der Waals surface area contributed by atoms with Gasteiger partial charge in [-0.05, 0) is 18.9 Å². The standard InChI is InChI=1S/C14H23NO2/c1-10(2)13(9-16)15-8-12-7-11(3)5-6-14(12)17-4/h5-7,10,13,15-16H,8-9H2,1-4H3/t13-/m1/s1. The van der Waals surface area contributed by atoms with Gasteiger partial charge in [-0.2, -0.15) is 0 Å². The molecule has 0 heterocycles.